The number of benzene rings is 1. The largest absolute Gasteiger partial charge is 0.285 e. The van der Waals surface area contributed by atoms with Crippen molar-refractivity contribution < 1.29 is 21.4 Å². The van der Waals surface area contributed by atoms with Gasteiger partial charge in [-0.15, -0.1) is 0 Å². The summed E-state index contributed by atoms with van der Waals surface area (Å²) >= 11 is 0. The fourth-order valence-electron chi connectivity index (χ4n) is 1.45. The third-order valence-electron chi connectivity index (χ3n) is 2.56. The number of hydrogen-bond donors (Lipinski definition) is 1. The van der Waals surface area contributed by atoms with E-state index in [1.165, 1.54) is 7.05 Å². The Balaban J connectivity index is 2.98. The quantitative estimate of drug-likeness (QED) is 0.813. The Kier molecular flexibility index (Phi) is 4.49. The van der Waals surface area contributed by atoms with Crippen LogP contribution in [0.2, 0.25) is 0 Å². The highest BCUT2D eigenvalue weighted by Crippen LogP contribution is 2.21. The molecule has 0 saturated heterocycles. The van der Waals surface area contributed by atoms with E-state index < -0.39 is 31.3 Å². The van der Waals surface area contributed by atoms with Crippen LogP contribution in [0.1, 0.15) is 18.5 Å². The van der Waals surface area contributed by atoms with Crippen molar-refractivity contribution in [2.45, 2.75) is 13.0 Å². The first-order valence-corrected chi connectivity index (χ1v) is 8.31. The van der Waals surface area contributed by atoms with Crippen LogP contribution in [0.15, 0.2) is 30.3 Å². The lowest BCUT2D eigenvalue weighted by atomic mass is 10.1. The molecule has 1 rings (SSSR count). The molecule has 0 amide bonds. The van der Waals surface area contributed by atoms with Crippen LogP contribution >= 0.6 is 0 Å². The van der Waals surface area contributed by atoms with Gasteiger partial charge in [0.2, 0.25) is 10.0 Å². The van der Waals surface area contributed by atoms with Crippen LogP contribution in [0.25, 0.3) is 0 Å². The van der Waals surface area contributed by atoms with E-state index in [4.69, 9.17) is 4.55 Å². The van der Waals surface area contributed by atoms with Gasteiger partial charge in [-0.05, 0) is 12.5 Å². The van der Waals surface area contributed by atoms with Gasteiger partial charge >= 0.3 is 0 Å². The monoisotopic (exact) mass is 293 g/mol. The summed E-state index contributed by atoms with van der Waals surface area (Å²) in [6.07, 6.45) is 0. The fraction of sp³-hybridized carbons (Fsp3) is 0.400. The zero-order valence-electron chi connectivity index (χ0n) is 10.0. The lowest BCUT2D eigenvalue weighted by Crippen LogP contribution is -2.34. The van der Waals surface area contributed by atoms with Gasteiger partial charge in [-0.25, -0.2) is 8.42 Å². The van der Waals surface area contributed by atoms with Crippen molar-refractivity contribution in [3.63, 3.8) is 0 Å². The second-order valence-corrected chi connectivity index (χ2v) is 7.76. The van der Waals surface area contributed by atoms with E-state index >= 15 is 0 Å². The molecule has 0 aliphatic carbocycles. The summed E-state index contributed by atoms with van der Waals surface area (Å²) in [6, 6.07) is 8.28. The van der Waals surface area contributed by atoms with E-state index in [2.05, 4.69) is 0 Å². The summed E-state index contributed by atoms with van der Waals surface area (Å²) in [5.74, 6) is 0. The van der Waals surface area contributed by atoms with Crippen LogP contribution in [0, 0.1) is 0 Å². The van der Waals surface area contributed by atoms with Gasteiger partial charge in [0.05, 0.1) is 0 Å². The zero-order chi connectivity index (χ0) is 14.0. The summed E-state index contributed by atoms with van der Waals surface area (Å²) in [7, 11) is -7.37. The smallest absolute Gasteiger partial charge is 0.280 e. The molecule has 0 spiro atoms. The molecular weight excluding hydrogens is 278 g/mol. The molecule has 102 valence electrons. The third-order valence-corrected chi connectivity index (χ3v) is 6.14. The highest BCUT2D eigenvalue weighted by molar-refractivity contribution is 8.04. The minimum absolute atomic E-state index is 0.516. The van der Waals surface area contributed by atoms with Gasteiger partial charge in [-0.1, -0.05) is 30.3 Å². The lowest BCUT2D eigenvalue weighted by Gasteiger charge is -2.23. The van der Waals surface area contributed by atoms with E-state index in [0.717, 1.165) is 9.87 Å². The van der Waals surface area contributed by atoms with Crippen molar-refractivity contribution in [1.82, 2.24) is 4.31 Å². The molecule has 18 heavy (non-hydrogen) atoms. The fourth-order valence-corrected chi connectivity index (χ4v) is 4.23. The molecule has 1 atom stereocenters. The van der Waals surface area contributed by atoms with Crippen molar-refractivity contribution >= 4 is 20.1 Å². The molecule has 6 nitrogen and oxygen atoms in total. The Morgan fingerprint density at radius 2 is 1.67 bits per heavy atom. The number of rotatable bonds is 5. The molecular formula is C10H15NO5S2. The van der Waals surface area contributed by atoms with E-state index in [1.807, 2.05) is 0 Å². The van der Waals surface area contributed by atoms with Crippen LogP contribution in [0.5, 0.6) is 0 Å². The van der Waals surface area contributed by atoms with Gasteiger partial charge in [0.25, 0.3) is 10.1 Å². The van der Waals surface area contributed by atoms with Gasteiger partial charge in [-0.2, -0.15) is 12.7 Å². The second kappa shape index (κ2) is 5.35. The second-order valence-electron chi connectivity index (χ2n) is 3.91. The molecule has 1 N–H and O–H groups in total. The van der Waals surface area contributed by atoms with Crippen molar-refractivity contribution in [2.75, 3.05) is 12.1 Å². The van der Waals surface area contributed by atoms with Crippen molar-refractivity contribution in [3.8, 4) is 0 Å². The maximum absolute atomic E-state index is 11.7. The average Bonchev–Trinajstić information content (AvgIpc) is 2.25. The predicted molar refractivity (Wildman–Crippen MR) is 68.0 cm³/mol. The SMILES string of the molecule is CC(c1ccccc1)N(C)S(=O)(=O)CS(=O)(=O)O. The van der Waals surface area contributed by atoms with Crippen molar-refractivity contribution in [3.05, 3.63) is 35.9 Å². The molecule has 0 heterocycles. The summed E-state index contributed by atoms with van der Waals surface area (Å²) in [4.78, 5) is 0. The molecule has 0 saturated carbocycles. The Morgan fingerprint density at radius 1 is 1.17 bits per heavy atom. The molecule has 1 aromatic carbocycles. The molecule has 8 heteroatoms. The minimum atomic E-state index is -4.57. The highest BCUT2D eigenvalue weighted by Gasteiger charge is 2.28. The Morgan fingerprint density at radius 3 is 2.11 bits per heavy atom. The van der Waals surface area contributed by atoms with E-state index in [1.54, 1.807) is 37.3 Å². The van der Waals surface area contributed by atoms with Crippen molar-refractivity contribution in [2.24, 2.45) is 0 Å². The summed E-state index contributed by atoms with van der Waals surface area (Å²) in [6.45, 7) is 1.64. The predicted octanol–water partition coefficient (Wildman–Crippen LogP) is 0.855. The first-order chi connectivity index (χ1) is 8.13. The number of hydrogen-bond acceptors (Lipinski definition) is 4. The zero-order valence-corrected chi connectivity index (χ0v) is 11.6. The van der Waals surface area contributed by atoms with Crippen LogP contribution in [-0.2, 0) is 20.1 Å². The van der Waals surface area contributed by atoms with Crippen LogP contribution in [0.3, 0.4) is 0 Å². The van der Waals surface area contributed by atoms with Crippen LogP contribution < -0.4 is 0 Å². The van der Waals surface area contributed by atoms with E-state index in [9.17, 15) is 16.8 Å². The molecule has 1 unspecified atom stereocenters. The number of sulfonamides is 1. The Bertz CT molecular complexity index is 594. The van der Waals surface area contributed by atoms with E-state index in [-0.39, 0.29) is 0 Å². The summed E-state index contributed by atoms with van der Waals surface area (Å²) in [5, 5.41) is -1.31. The first kappa shape index (κ1) is 15.1. The van der Waals surface area contributed by atoms with Crippen LogP contribution in [0.4, 0.5) is 0 Å². The first-order valence-electron chi connectivity index (χ1n) is 5.09. The Labute approximate surface area is 107 Å². The van der Waals surface area contributed by atoms with Gasteiger partial charge in [0, 0.05) is 13.1 Å². The molecule has 0 aromatic heterocycles. The van der Waals surface area contributed by atoms with Gasteiger partial charge in [0.1, 0.15) is 0 Å². The lowest BCUT2D eigenvalue weighted by molar-refractivity contribution is 0.399. The Hall–Kier alpha value is -0.960. The maximum Gasteiger partial charge on any atom is 0.280 e. The summed E-state index contributed by atoms with van der Waals surface area (Å²) < 4.78 is 54.4. The average molecular weight is 293 g/mol. The molecule has 1 aromatic rings. The molecule has 0 aliphatic rings. The number of nitrogens with zero attached hydrogens (tertiary/aromatic N) is 1. The minimum Gasteiger partial charge on any atom is -0.285 e. The third kappa shape index (κ3) is 4.05. The van der Waals surface area contributed by atoms with Gasteiger partial charge < -0.3 is 0 Å². The maximum atomic E-state index is 11.7. The standard InChI is InChI=1S/C10H15NO5S2/c1-9(10-6-4-3-5-7-10)11(2)17(12,13)8-18(14,15)16/h3-7,9H,8H2,1-2H3,(H,14,15,16). The van der Waals surface area contributed by atoms with Crippen LogP contribution in [-0.4, -0.2) is 37.8 Å². The van der Waals surface area contributed by atoms with Gasteiger partial charge in [0.15, 0.2) is 5.08 Å². The molecule has 0 bridgehead atoms. The molecule has 0 aliphatic heterocycles. The molecule has 0 radical (unpaired) electrons. The van der Waals surface area contributed by atoms with E-state index in [0.29, 0.717) is 0 Å². The summed E-state index contributed by atoms with van der Waals surface area (Å²) in [5.41, 5.74) is 0.735. The van der Waals surface area contributed by atoms with Crippen molar-refractivity contribution in [1.29, 1.82) is 0 Å². The normalized spacial score (nSPS) is 14.7. The molecule has 0 fully saturated rings. The highest BCUT2D eigenvalue weighted by atomic mass is 32.3. The van der Waals surface area contributed by atoms with Gasteiger partial charge in [-0.3, -0.25) is 4.55 Å². The topological polar surface area (TPSA) is 91.8 Å².